The average Bonchev–Trinajstić information content (AvgIpc) is 3.22. The van der Waals surface area contributed by atoms with E-state index in [0.29, 0.717) is 11.1 Å². The Bertz CT molecular complexity index is 999. The van der Waals surface area contributed by atoms with Gasteiger partial charge in [0.25, 0.3) is 11.6 Å². The third kappa shape index (κ3) is 4.24. The van der Waals surface area contributed by atoms with Crippen LogP contribution in [0.3, 0.4) is 0 Å². The molecule has 0 aliphatic carbocycles. The van der Waals surface area contributed by atoms with Crippen LogP contribution >= 0.6 is 0 Å². The molecule has 1 heterocycles. The van der Waals surface area contributed by atoms with E-state index in [2.05, 4.69) is 5.32 Å². The molecule has 8 heteroatoms. The quantitative estimate of drug-likeness (QED) is 0.392. The molecule has 3 aromatic rings. The number of rotatable bonds is 6. The van der Waals surface area contributed by atoms with Crippen LogP contribution in [0.5, 0.6) is 0 Å². The van der Waals surface area contributed by atoms with Crippen LogP contribution in [0.2, 0.25) is 0 Å². The van der Waals surface area contributed by atoms with Crippen molar-refractivity contribution in [2.75, 3.05) is 5.32 Å². The molecular weight excluding hydrogens is 364 g/mol. The SMILES string of the molecule is Cc1ccc(NC(=O)C(OC(=O)c2ccoc2)c2ccccc2)c([N+](=O)[O-])c1. The number of nitro groups is 1. The molecule has 0 bridgehead atoms. The average molecular weight is 380 g/mol. The van der Waals surface area contributed by atoms with E-state index in [9.17, 15) is 19.7 Å². The molecular formula is C20H16N2O6. The molecule has 0 radical (unpaired) electrons. The fourth-order valence-corrected chi connectivity index (χ4v) is 2.55. The third-order valence-electron chi connectivity index (χ3n) is 3.93. The van der Waals surface area contributed by atoms with Gasteiger partial charge in [-0.15, -0.1) is 0 Å². The van der Waals surface area contributed by atoms with Crippen molar-refractivity contribution in [2.24, 2.45) is 0 Å². The van der Waals surface area contributed by atoms with Crippen molar-refractivity contribution in [2.45, 2.75) is 13.0 Å². The highest BCUT2D eigenvalue weighted by Gasteiger charge is 2.28. The smallest absolute Gasteiger partial charge is 0.342 e. The van der Waals surface area contributed by atoms with Gasteiger partial charge in [0, 0.05) is 11.6 Å². The second-order valence-electron chi connectivity index (χ2n) is 5.98. The Morgan fingerprint density at radius 1 is 1.14 bits per heavy atom. The van der Waals surface area contributed by atoms with Gasteiger partial charge in [0.05, 0.1) is 16.7 Å². The van der Waals surface area contributed by atoms with Crippen LogP contribution in [-0.2, 0) is 9.53 Å². The third-order valence-corrected chi connectivity index (χ3v) is 3.93. The van der Waals surface area contributed by atoms with E-state index < -0.39 is 22.9 Å². The molecule has 3 rings (SSSR count). The van der Waals surface area contributed by atoms with Gasteiger partial charge in [0.1, 0.15) is 12.0 Å². The fourth-order valence-electron chi connectivity index (χ4n) is 2.55. The van der Waals surface area contributed by atoms with Crippen LogP contribution < -0.4 is 5.32 Å². The lowest BCUT2D eigenvalue weighted by Crippen LogP contribution is -2.26. The Morgan fingerprint density at radius 2 is 1.89 bits per heavy atom. The number of hydrogen-bond donors (Lipinski definition) is 1. The number of amides is 1. The van der Waals surface area contributed by atoms with Gasteiger partial charge >= 0.3 is 5.97 Å². The number of nitrogens with zero attached hydrogens (tertiary/aromatic N) is 1. The number of nitrogens with one attached hydrogen (secondary N) is 1. The standard InChI is InChI=1S/C20H16N2O6/c1-13-7-8-16(17(11-13)22(25)26)21-19(23)18(14-5-3-2-4-6-14)28-20(24)15-9-10-27-12-15/h2-12,18H,1H3,(H,21,23). The van der Waals surface area contributed by atoms with Crippen molar-refractivity contribution in [1.82, 2.24) is 0 Å². The summed E-state index contributed by atoms with van der Waals surface area (Å²) in [4.78, 5) is 35.8. The fraction of sp³-hybridized carbons (Fsp3) is 0.100. The van der Waals surface area contributed by atoms with E-state index in [1.165, 1.54) is 30.7 Å². The van der Waals surface area contributed by atoms with Crippen molar-refractivity contribution in [3.63, 3.8) is 0 Å². The molecule has 0 aliphatic rings. The van der Waals surface area contributed by atoms with Gasteiger partial charge in [0.2, 0.25) is 6.10 Å². The van der Waals surface area contributed by atoms with Crippen LogP contribution in [0, 0.1) is 17.0 Å². The number of esters is 1. The largest absolute Gasteiger partial charge is 0.472 e. The summed E-state index contributed by atoms with van der Waals surface area (Å²) in [5, 5.41) is 13.8. The van der Waals surface area contributed by atoms with Crippen LogP contribution in [0.25, 0.3) is 0 Å². The number of carbonyl (C=O) groups excluding carboxylic acids is 2. The van der Waals surface area contributed by atoms with E-state index in [1.807, 2.05) is 0 Å². The van der Waals surface area contributed by atoms with Gasteiger partial charge in [-0.1, -0.05) is 36.4 Å². The minimum Gasteiger partial charge on any atom is -0.472 e. The van der Waals surface area contributed by atoms with Gasteiger partial charge in [-0.3, -0.25) is 14.9 Å². The zero-order chi connectivity index (χ0) is 20.1. The zero-order valence-electron chi connectivity index (χ0n) is 14.8. The van der Waals surface area contributed by atoms with Crippen molar-refractivity contribution < 1.29 is 23.7 Å². The van der Waals surface area contributed by atoms with Gasteiger partial charge in [-0.2, -0.15) is 0 Å². The van der Waals surface area contributed by atoms with E-state index in [1.54, 1.807) is 43.3 Å². The van der Waals surface area contributed by atoms with Crippen molar-refractivity contribution in [3.8, 4) is 0 Å². The summed E-state index contributed by atoms with van der Waals surface area (Å²) in [6.07, 6.45) is 1.21. The Hall–Kier alpha value is -3.94. The highest BCUT2D eigenvalue weighted by Crippen LogP contribution is 2.28. The maximum atomic E-state index is 12.8. The molecule has 0 saturated heterocycles. The van der Waals surface area contributed by atoms with Crippen LogP contribution in [-0.4, -0.2) is 16.8 Å². The first-order valence-electron chi connectivity index (χ1n) is 8.29. The van der Waals surface area contributed by atoms with E-state index >= 15 is 0 Å². The molecule has 2 aromatic carbocycles. The highest BCUT2D eigenvalue weighted by atomic mass is 16.6. The van der Waals surface area contributed by atoms with Gasteiger partial charge < -0.3 is 14.5 Å². The van der Waals surface area contributed by atoms with Crippen LogP contribution in [0.1, 0.15) is 27.6 Å². The summed E-state index contributed by atoms with van der Waals surface area (Å²) in [6, 6.07) is 14.2. The molecule has 1 atom stereocenters. The predicted molar refractivity (Wildman–Crippen MR) is 99.8 cm³/mol. The number of anilines is 1. The van der Waals surface area contributed by atoms with Gasteiger partial charge in [-0.05, 0) is 24.6 Å². The molecule has 28 heavy (non-hydrogen) atoms. The number of furan rings is 1. The first-order valence-corrected chi connectivity index (χ1v) is 8.29. The Morgan fingerprint density at radius 3 is 2.54 bits per heavy atom. The number of ether oxygens (including phenoxy) is 1. The summed E-state index contributed by atoms with van der Waals surface area (Å²) < 4.78 is 10.2. The second kappa shape index (κ2) is 8.17. The summed E-state index contributed by atoms with van der Waals surface area (Å²) >= 11 is 0. The number of benzene rings is 2. The summed E-state index contributed by atoms with van der Waals surface area (Å²) in [5.41, 5.74) is 1.01. The van der Waals surface area contributed by atoms with Crippen LogP contribution in [0.4, 0.5) is 11.4 Å². The maximum Gasteiger partial charge on any atom is 0.342 e. The molecule has 142 valence electrons. The van der Waals surface area contributed by atoms with Crippen LogP contribution in [0.15, 0.2) is 71.5 Å². The lowest BCUT2D eigenvalue weighted by Gasteiger charge is -2.18. The van der Waals surface area contributed by atoms with Crippen molar-refractivity contribution >= 4 is 23.3 Å². The minimum atomic E-state index is -1.30. The van der Waals surface area contributed by atoms with Gasteiger partial charge in [-0.25, -0.2) is 4.79 Å². The summed E-state index contributed by atoms with van der Waals surface area (Å²) in [6.45, 7) is 1.71. The molecule has 1 N–H and O–H groups in total. The molecule has 0 fully saturated rings. The molecule has 0 aliphatic heterocycles. The monoisotopic (exact) mass is 380 g/mol. The lowest BCUT2D eigenvalue weighted by molar-refractivity contribution is -0.384. The van der Waals surface area contributed by atoms with E-state index in [-0.39, 0.29) is 16.9 Å². The number of carbonyl (C=O) groups is 2. The molecule has 1 amide bonds. The predicted octanol–water partition coefficient (Wildman–Crippen LogP) is 4.03. The first-order chi connectivity index (χ1) is 13.5. The van der Waals surface area contributed by atoms with E-state index in [4.69, 9.17) is 9.15 Å². The molecule has 1 unspecified atom stereocenters. The molecule has 1 aromatic heterocycles. The highest BCUT2D eigenvalue weighted by molar-refractivity contribution is 5.99. The topological polar surface area (TPSA) is 112 Å². The van der Waals surface area contributed by atoms with E-state index in [0.717, 1.165) is 0 Å². The van der Waals surface area contributed by atoms with Crippen molar-refractivity contribution in [1.29, 1.82) is 0 Å². The second-order valence-corrected chi connectivity index (χ2v) is 5.98. The summed E-state index contributed by atoms with van der Waals surface area (Å²) in [7, 11) is 0. The number of nitro benzene ring substituents is 1. The Labute approximate surface area is 159 Å². The minimum absolute atomic E-state index is 0.0147. The molecule has 0 saturated carbocycles. The Balaban J connectivity index is 1.89. The van der Waals surface area contributed by atoms with Crippen molar-refractivity contribution in [3.05, 3.63) is 93.9 Å². The zero-order valence-corrected chi connectivity index (χ0v) is 14.8. The Kier molecular flexibility index (Phi) is 5.50. The first kappa shape index (κ1) is 18.8. The normalized spacial score (nSPS) is 11.5. The summed E-state index contributed by atoms with van der Waals surface area (Å²) in [5.74, 6) is -1.47. The lowest BCUT2D eigenvalue weighted by atomic mass is 10.1. The number of aryl methyl sites for hydroxylation is 1. The molecule has 8 nitrogen and oxygen atoms in total. The maximum absolute atomic E-state index is 12.8. The number of hydrogen-bond acceptors (Lipinski definition) is 6. The molecule has 0 spiro atoms. The van der Waals surface area contributed by atoms with Gasteiger partial charge in [0.15, 0.2) is 0 Å².